The van der Waals surface area contributed by atoms with Crippen molar-refractivity contribution in [2.24, 2.45) is 0 Å². The number of hydrogen-bond acceptors (Lipinski definition) is 1. The molecular weight excluding hydrogens is 265 g/mol. The third-order valence-corrected chi connectivity index (χ3v) is 3.49. The molecule has 0 aromatic heterocycles. The van der Waals surface area contributed by atoms with Gasteiger partial charge in [0, 0.05) is 17.5 Å². The van der Waals surface area contributed by atoms with E-state index in [1.165, 1.54) is 6.07 Å². The van der Waals surface area contributed by atoms with Gasteiger partial charge < -0.3 is 4.74 Å². The molecule has 3 rings (SSSR count). The molecule has 1 aliphatic rings. The predicted molar refractivity (Wildman–Crippen MR) is 69.6 cm³/mol. The van der Waals surface area contributed by atoms with Gasteiger partial charge in [-0.15, -0.1) is 0 Å². The van der Waals surface area contributed by atoms with E-state index in [1.807, 2.05) is 6.92 Å². The summed E-state index contributed by atoms with van der Waals surface area (Å²) in [4.78, 5) is 0. The lowest BCUT2D eigenvalue weighted by Gasteiger charge is -2.22. The first-order valence-corrected chi connectivity index (χ1v) is 6.56. The van der Waals surface area contributed by atoms with Gasteiger partial charge in [0.2, 0.25) is 5.82 Å². The standard InChI is InChI=1S/C16H13F3O/c1-2-3-9-4-5-10-8-11-6-7-12(17)14(19)16(11)20-15(10)13(9)18/h4-7H,2-3,8H2,1H3. The molecule has 2 aromatic rings. The molecule has 0 aliphatic carbocycles. The number of halogens is 3. The summed E-state index contributed by atoms with van der Waals surface area (Å²) in [6, 6.07) is 6.04. The number of aryl methyl sites for hydroxylation is 1. The number of hydrogen-bond donors (Lipinski definition) is 0. The molecule has 0 amide bonds. The van der Waals surface area contributed by atoms with Crippen molar-refractivity contribution in [2.75, 3.05) is 0 Å². The van der Waals surface area contributed by atoms with Crippen LogP contribution in [-0.4, -0.2) is 0 Å². The summed E-state index contributed by atoms with van der Waals surface area (Å²) in [6.07, 6.45) is 1.72. The van der Waals surface area contributed by atoms with Gasteiger partial charge in [0.25, 0.3) is 0 Å². The average Bonchev–Trinajstić information content (AvgIpc) is 2.45. The maximum absolute atomic E-state index is 14.3. The van der Waals surface area contributed by atoms with Gasteiger partial charge in [-0.05, 0) is 18.1 Å². The third-order valence-electron chi connectivity index (χ3n) is 3.49. The summed E-state index contributed by atoms with van der Waals surface area (Å²) in [5.41, 5.74) is 1.71. The van der Waals surface area contributed by atoms with E-state index in [4.69, 9.17) is 4.74 Å². The Hall–Kier alpha value is -1.97. The second kappa shape index (κ2) is 4.85. The summed E-state index contributed by atoms with van der Waals surface area (Å²) < 4.78 is 46.6. The summed E-state index contributed by atoms with van der Waals surface area (Å²) in [5, 5.41) is 0. The van der Waals surface area contributed by atoms with Gasteiger partial charge in [-0.3, -0.25) is 0 Å². The minimum absolute atomic E-state index is 0.0212. The Labute approximate surface area is 115 Å². The van der Waals surface area contributed by atoms with E-state index >= 15 is 0 Å². The highest BCUT2D eigenvalue weighted by molar-refractivity contribution is 5.52. The van der Waals surface area contributed by atoms with Crippen LogP contribution in [0.25, 0.3) is 0 Å². The lowest BCUT2D eigenvalue weighted by atomic mass is 9.97. The molecule has 0 fully saturated rings. The Balaban J connectivity index is 2.09. The first-order valence-electron chi connectivity index (χ1n) is 6.56. The van der Waals surface area contributed by atoms with E-state index in [1.54, 1.807) is 12.1 Å². The van der Waals surface area contributed by atoms with Crippen molar-refractivity contribution in [1.82, 2.24) is 0 Å². The van der Waals surface area contributed by atoms with E-state index in [2.05, 4.69) is 0 Å². The normalized spacial score (nSPS) is 12.6. The Morgan fingerprint density at radius 1 is 0.950 bits per heavy atom. The molecular formula is C16H13F3O. The van der Waals surface area contributed by atoms with Crippen LogP contribution in [0, 0.1) is 17.5 Å². The van der Waals surface area contributed by atoms with Gasteiger partial charge in [0.1, 0.15) is 0 Å². The van der Waals surface area contributed by atoms with Gasteiger partial charge in [-0.2, -0.15) is 4.39 Å². The molecule has 0 spiro atoms. The fourth-order valence-corrected chi connectivity index (χ4v) is 2.48. The zero-order chi connectivity index (χ0) is 14.3. The van der Waals surface area contributed by atoms with Gasteiger partial charge in [0.15, 0.2) is 23.1 Å². The fraction of sp³-hybridized carbons (Fsp3) is 0.250. The van der Waals surface area contributed by atoms with E-state index in [-0.39, 0.29) is 11.5 Å². The monoisotopic (exact) mass is 278 g/mol. The van der Waals surface area contributed by atoms with E-state index < -0.39 is 17.5 Å². The zero-order valence-corrected chi connectivity index (χ0v) is 11.0. The van der Waals surface area contributed by atoms with E-state index in [9.17, 15) is 13.2 Å². The average molecular weight is 278 g/mol. The lowest BCUT2D eigenvalue weighted by Crippen LogP contribution is -2.09. The van der Waals surface area contributed by atoms with Crippen LogP contribution in [-0.2, 0) is 12.8 Å². The number of benzene rings is 2. The molecule has 0 saturated carbocycles. The van der Waals surface area contributed by atoms with Crippen LogP contribution in [0.2, 0.25) is 0 Å². The molecule has 1 nitrogen and oxygen atoms in total. The minimum Gasteiger partial charge on any atom is -0.450 e. The molecule has 4 heteroatoms. The molecule has 1 heterocycles. The maximum atomic E-state index is 14.3. The zero-order valence-electron chi connectivity index (χ0n) is 11.0. The largest absolute Gasteiger partial charge is 0.450 e. The summed E-state index contributed by atoms with van der Waals surface area (Å²) >= 11 is 0. The lowest BCUT2D eigenvalue weighted by molar-refractivity contribution is 0.379. The molecule has 0 N–H and O–H groups in total. The SMILES string of the molecule is CCCc1ccc2c(c1F)Oc1c(ccc(F)c1F)C2. The van der Waals surface area contributed by atoms with E-state index in [0.717, 1.165) is 12.5 Å². The first kappa shape index (κ1) is 13.0. The second-order valence-electron chi connectivity index (χ2n) is 4.91. The molecule has 2 aromatic carbocycles. The fourth-order valence-electron chi connectivity index (χ4n) is 2.48. The first-order chi connectivity index (χ1) is 9.61. The van der Waals surface area contributed by atoms with Gasteiger partial charge >= 0.3 is 0 Å². The molecule has 0 unspecified atom stereocenters. The molecule has 0 bridgehead atoms. The summed E-state index contributed by atoms with van der Waals surface area (Å²) in [7, 11) is 0. The molecule has 104 valence electrons. The van der Waals surface area contributed by atoms with Crippen molar-refractivity contribution >= 4 is 0 Å². The van der Waals surface area contributed by atoms with Crippen molar-refractivity contribution < 1.29 is 17.9 Å². The quantitative estimate of drug-likeness (QED) is 0.657. The van der Waals surface area contributed by atoms with Crippen LogP contribution in [0.3, 0.4) is 0 Å². The maximum Gasteiger partial charge on any atom is 0.201 e. The van der Waals surface area contributed by atoms with Crippen molar-refractivity contribution in [3.05, 3.63) is 58.4 Å². The topological polar surface area (TPSA) is 9.23 Å². The second-order valence-corrected chi connectivity index (χ2v) is 4.91. The highest BCUT2D eigenvalue weighted by atomic mass is 19.2. The van der Waals surface area contributed by atoms with Gasteiger partial charge in [-0.1, -0.05) is 31.5 Å². The molecule has 1 aliphatic heterocycles. The van der Waals surface area contributed by atoms with Crippen LogP contribution < -0.4 is 4.74 Å². The molecule has 0 radical (unpaired) electrons. The summed E-state index contributed by atoms with van der Waals surface area (Å²) in [6.45, 7) is 1.95. The van der Waals surface area contributed by atoms with Crippen molar-refractivity contribution in [3.63, 3.8) is 0 Å². The van der Waals surface area contributed by atoms with Crippen molar-refractivity contribution in [3.8, 4) is 11.5 Å². The Bertz CT molecular complexity index is 680. The van der Waals surface area contributed by atoms with Gasteiger partial charge in [-0.25, -0.2) is 8.78 Å². The predicted octanol–water partition coefficient (Wildman–Crippen LogP) is 4.75. The number of ether oxygens (including phenoxy) is 1. The Morgan fingerprint density at radius 2 is 1.60 bits per heavy atom. The Kier molecular flexibility index (Phi) is 3.16. The third kappa shape index (κ3) is 1.96. The minimum atomic E-state index is -1.06. The van der Waals surface area contributed by atoms with Crippen molar-refractivity contribution in [1.29, 1.82) is 0 Å². The smallest absolute Gasteiger partial charge is 0.201 e. The van der Waals surface area contributed by atoms with Crippen LogP contribution in [0.1, 0.15) is 30.0 Å². The van der Waals surface area contributed by atoms with E-state index in [0.29, 0.717) is 29.5 Å². The number of rotatable bonds is 2. The molecule has 0 atom stereocenters. The molecule has 20 heavy (non-hydrogen) atoms. The summed E-state index contributed by atoms with van der Waals surface area (Å²) in [5.74, 6) is -2.71. The van der Waals surface area contributed by atoms with Gasteiger partial charge in [0.05, 0.1) is 0 Å². The Morgan fingerprint density at radius 3 is 2.30 bits per heavy atom. The highest BCUT2D eigenvalue weighted by Crippen LogP contribution is 2.41. The van der Waals surface area contributed by atoms with Crippen LogP contribution in [0.15, 0.2) is 24.3 Å². The van der Waals surface area contributed by atoms with Crippen LogP contribution >= 0.6 is 0 Å². The highest BCUT2D eigenvalue weighted by Gasteiger charge is 2.26. The van der Waals surface area contributed by atoms with Crippen LogP contribution in [0.5, 0.6) is 11.5 Å². The number of fused-ring (bicyclic) bond motifs is 2. The van der Waals surface area contributed by atoms with Crippen molar-refractivity contribution in [2.45, 2.75) is 26.2 Å². The van der Waals surface area contributed by atoms with Crippen LogP contribution in [0.4, 0.5) is 13.2 Å². The molecule has 0 saturated heterocycles.